The van der Waals surface area contributed by atoms with Gasteiger partial charge in [-0.25, -0.2) is 18.7 Å². The predicted molar refractivity (Wildman–Crippen MR) is 122 cm³/mol. The molecule has 5 rings (SSSR count). The van der Waals surface area contributed by atoms with Crippen molar-refractivity contribution in [2.24, 2.45) is 13.0 Å². The number of hydrogen-bond donors (Lipinski definition) is 2. The Bertz CT molecular complexity index is 1300. The highest BCUT2D eigenvalue weighted by Gasteiger charge is 2.45. The zero-order valence-electron chi connectivity index (χ0n) is 18.9. The van der Waals surface area contributed by atoms with Crippen LogP contribution in [-0.2, 0) is 11.8 Å². The fourth-order valence-electron chi connectivity index (χ4n) is 4.28. The Morgan fingerprint density at radius 1 is 1.34 bits per heavy atom. The molecule has 1 saturated heterocycles. The first-order valence-corrected chi connectivity index (χ1v) is 11.3. The Balaban J connectivity index is 1.29. The molecule has 3 aromatic rings. The van der Waals surface area contributed by atoms with Crippen LogP contribution in [0.15, 0.2) is 43.0 Å². The Morgan fingerprint density at radius 3 is 2.94 bits per heavy atom. The second-order valence-electron chi connectivity index (χ2n) is 8.83. The van der Waals surface area contributed by atoms with Crippen LogP contribution in [0.2, 0.25) is 0 Å². The van der Waals surface area contributed by atoms with Crippen LogP contribution in [0, 0.1) is 17.2 Å². The number of benzene rings is 1. The minimum absolute atomic E-state index is 0.0978. The van der Waals surface area contributed by atoms with Crippen molar-refractivity contribution in [1.82, 2.24) is 25.1 Å². The highest BCUT2D eigenvalue weighted by molar-refractivity contribution is 5.94. The molecule has 0 bridgehead atoms. The molecule has 1 aliphatic heterocycles. The number of hydrogen-bond acceptors (Lipinski definition) is 7. The molecule has 1 aromatic carbocycles. The number of aromatic nitrogens is 4. The van der Waals surface area contributed by atoms with Gasteiger partial charge in [0.2, 0.25) is 5.91 Å². The Hall–Kier alpha value is -3.91. The third-order valence-electron chi connectivity index (χ3n) is 6.28. The van der Waals surface area contributed by atoms with Crippen molar-refractivity contribution in [2.45, 2.75) is 30.8 Å². The molecule has 2 aliphatic rings. The van der Waals surface area contributed by atoms with Crippen molar-refractivity contribution in [1.29, 1.82) is 5.26 Å². The zero-order chi connectivity index (χ0) is 24.6. The second-order valence-corrected chi connectivity index (χ2v) is 8.83. The number of alkyl halides is 2. The molecule has 11 heteroatoms. The lowest BCUT2D eigenvalue weighted by Gasteiger charge is -2.32. The third-order valence-corrected chi connectivity index (χ3v) is 6.28. The smallest absolute Gasteiger partial charge is 0.296 e. The monoisotopic (exact) mass is 479 g/mol. The number of piperidine rings is 1. The topological polar surface area (TPSA) is 118 Å². The summed E-state index contributed by atoms with van der Waals surface area (Å²) in [5, 5.41) is 19.2. The molecule has 35 heavy (non-hydrogen) atoms. The molecule has 0 radical (unpaired) electrons. The van der Waals surface area contributed by atoms with E-state index in [1.807, 2.05) is 19.3 Å². The fourth-order valence-corrected chi connectivity index (χ4v) is 4.28. The minimum Gasteiger partial charge on any atom is -0.483 e. The molecule has 0 unspecified atom stereocenters. The van der Waals surface area contributed by atoms with Gasteiger partial charge in [-0.3, -0.25) is 9.48 Å². The largest absolute Gasteiger partial charge is 0.483 e. The summed E-state index contributed by atoms with van der Waals surface area (Å²) in [6, 6.07) is 8.28. The van der Waals surface area contributed by atoms with Gasteiger partial charge in [0.1, 0.15) is 24.0 Å². The first kappa shape index (κ1) is 22.9. The summed E-state index contributed by atoms with van der Waals surface area (Å²) in [6.07, 6.45) is 4.58. The van der Waals surface area contributed by atoms with Crippen molar-refractivity contribution in [3.05, 3.63) is 54.1 Å². The average molecular weight is 479 g/mol. The molecule has 2 aromatic heterocycles. The molecule has 2 fully saturated rings. The van der Waals surface area contributed by atoms with E-state index < -0.39 is 18.6 Å². The van der Waals surface area contributed by atoms with Crippen molar-refractivity contribution in [3.8, 4) is 23.1 Å². The number of ether oxygens (including phenoxy) is 1. The number of anilines is 1. The van der Waals surface area contributed by atoms with E-state index in [0.717, 1.165) is 12.0 Å². The van der Waals surface area contributed by atoms with Crippen LogP contribution < -0.4 is 15.4 Å². The lowest BCUT2D eigenvalue weighted by atomic mass is 10.0. The zero-order valence-corrected chi connectivity index (χ0v) is 18.9. The number of aryl methyl sites for hydroxylation is 1. The van der Waals surface area contributed by atoms with Crippen molar-refractivity contribution < 1.29 is 18.3 Å². The minimum atomic E-state index is -3.03. The first-order valence-electron chi connectivity index (χ1n) is 11.3. The van der Waals surface area contributed by atoms with E-state index in [-0.39, 0.29) is 35.5 Å². The molecule has 1 aliphatic carbocycles. The quantitative estimate of drug-likeness (QED) is 0.558. The highest BCUT2D eigenvalue weighted by atomic mass is 19.3. The molecule has 180 valence electrons. The summed E-state index contributed by atoms with van der Waals surface area (Å²) < 4.78 is 35.5. The van der Waals surface area contributed by atoms with Gasteiger partial charge in [0.15, 0.2) is 6.10 Å². The van der Waals surface area contributed by atoms with Gasteiger partial charge in [-0.15, -0.1) is 0 Å². The summed E-state index contributed by atoms with van der Waals surface area (Å²) >= 11 is 0. The summed E-state index contributed by atoms with van der Waals surface area (Å²) in [6.45, 7) is -0.0452. The number of amides is 1. The lowest BCUT2D eigenvalue weighted by molar-refractivity contribution is -0.117. The van der Waals surface area contributed by atoms with Crippen LogP contribution in [0.3, 0.4) is 0 Å². The maximum Gasteiger partial charge on any atom is 0.296 e. The second kappa shape index (κ2) is 9.03. The van der Waals surface area contributed by atoms with Crippen molar-refractivity contribution in [2.75, 3.05) is 18.4 Å². The van der Waals surface area contributed by atoms with Gasteiger partial charge in [0.05, 0.1) is 24.0 Å². The standard InChI is InChI=1S/C24H23F2N7O2/c1-33-11-16(10-31-33)17-7-18(17)23(34)32-22-8-19(29-13-30-22)14-2-3-20(15(6-14)9-27)35-21-4-5-28-12-24(21,25)26/h2-3,6,8,10-11,13,17-18,21,28H,4-5,7,12H2,1H3,(H,29,30,32,34)/t17-,18+,21-/m0/s1. The molecule has 3 heterocycles. The SMILES string of the molecule is Cn1cc([C@@H]2C[C@H]2C(=O)Nc2cc(-c3ccc(O[C@H]4CCNCC4(F)F)c(C#N)c3)ncn2)cn1. The number of nitrogens with one attached hydrogen (secondary N) is 2. The lowest BCUT2D eigenvalue weighted by Crippen LogP contribution is -2.52. The molecule has 1 amide bonds. The number of carbonyl (C=O) groups excluding carboxylic acids is 1. The van der Waals surface area contributed by atoms with Crippen molar-refractivity contribution in [3.63, 3.8) is 0 Å². The summed E-state index contributed by atoms with van der Waals surface area (Å²) in [4.78, 5) is 21.0. The summed E-state index contributed by atoms with van der Waals surface area (Å²) in [7, 11) is 1.84. The summed E-state index contributed by atoms with van der Waals surface area (Å²) in [5.74, 6) is -2.73. The van der Waals surface area contributed by atoms with Crippen LogP contribution in [0.25, 0.3) is 11.3 Å². The molecule has 1 saturated carbocycles. The van der Waals surface area contributed by atoms with E-state index in [0.29, 0.717) is 23.6 Å². The van der Waals surface area contributed by atoms with Crippen LogP contribution in [0.1, 0.15) is 29.9 Å². The predicted octanol–water partition coefficient (Wildman–Crippen LogP) is 2.87. The van der Waals surface area contributed by atoms with Crippen molar-refractivity contribution >= 4 is 11.7 Å². The molecule has 0 spiro atoms. The molecular formula is C24H23F2N7O2. The highest BCUT2D eigenvalue weighted by Crippen LogP contribution is 2.47. The third kappa shape index (κ3) is 4.83. The number of rotatable bonds is 6. The van der Waals surface area contributed by atoms with Gasteiger partial charge in [-0.2, -0.15) is 10.4 Å². The van der Waals surface area contributed by atoms with Crippen LogP contribution in [-0.4, -0.2) is 50.8 Å². The van der Waals surface area contributed by atoms with E-state index in [1.165, 1.54) is 18.5 Å². The number of carbonyl (C=O) groups is 1. The van der Waals surface area contributed by atoms with Gasteiger partial charge >= 0.3 is 0 Å². The number of nitrogens with zero attached hydrogens (tertiary/aromatic N) is 5. The van der Waals surface area contributed by atoms with Gasteiger partial charge in [-0.05, 0) is 42.6 Å². The first-order chi connectivity index (χ1) is 16.8. The number of halogens is 2. The van der Waals surface area contributed by atoms with E-state index >= 15 is 0 Å². The van der Waals surface area contributed by atoms with Crippen LogP contribution >= 0.6 is 0 Å². The Labute approximate surface area is 200 Å². The van der Waals surface area contributed by atoms with E-state index in [1.54, 1.807) is 23.0 Å². The Kier molecular flexibility index (Phi) is 5.90. The van der Waals surface area contributed by atoms with Gasteiger partial charge < -0.3 is 15.4 Å². The summed E-state index contributed by atoms with van der Waals surface area (Å²) in [5.41, 5.74) is 2.21. The molecular weight excluding hydrogens is 456 g/mol. The number of nitriles is 1. The van der Waals surface area contributed by atoms with E-state index in [2.05, 4.69) is 25.7 Å². The molecule has 3 atom stereocenters. The maximum absolute atomic E-state index is 14.1. The van der Waals surface area contributed by atoms with Gasteiger partial charge in [0, 0.05) is 37.2 Å². The van der Waals surface area contributed by atoms with Crippen LogP contribution in [0.4, 0.5) is 14.6 Å². The Morgan fingerprint density at radius 2 is 2.20 bits per heavy atom. The maximum atomic E-state index is 14.1. The van der Waals surface area contributed by atoms with E-state index in [9.17, 15) is 18.8 Å². The van der Waals surface area contributed by atoms with Gasteiger partial charge in [-0.1, -0.05) is 0 Å². The average Bonchev–Trinajstić information content (AvgIpc) is 3.54. The molecule has 9 nitrogen and oxygen atoms in total. The van der Waals surface area contributed by atoms with E-state index in [4.69, 9.17) is 4.74 Å². The van der Waals surface area contributed by atoms with Crippen LogP contribution in [0.5, 0.6) is 5.75 Å². The fraction of sp³-hybridized carbons (Fsp3) is 0.375. The normalized spacial score (nSPS) is 22.7. The van der Waals surface area contributed by atoms with Gasteiger partial charge in [0.25, 0.3) is 5.92 Å². The molecule has 2 N–H and O–H groups in total.